The van der Waals surface area contributed by atoms with Crippen LogP contribution in [0.1, 0.15) is 18.2 Å². The third kappa shape index (κ3) is 3.20. The molecule has 0 radical (unpaired) electrons. The van der Waals surface area contributed by atoms with Crippen LogP contribution < -0.4 is 10.9 Å². The van der Waals surface area contributed by atoms with Gasteiger partial charge in [0, 0.05) is 25.0 Å². The van der Waals surface area contributed by atoms with Crippen LogP contribution in [0.15, 0.2) is 33.8 Å². The maximum Gasteiger partial charge on any atom is 0.283 e. The first-order valence-electron chi connectivity index (χ1n) is 6.03. The van der Waals surface area contributed by atoms with E-state index in [2.05, 4.69) is 31.3 Å². The lowest BCUT2D eigenvalue weighted by Gasteiger charge is -2.09. The van der Waals surface area contributed by atoms with Crippen molar-refractivity contribution in [2.24, 2.45) is 0 Å². The first-order chi connectivity index (χ1) is 9.11. The third-order valence-electron chi connectivity index (χ3n) is 2.74. The molecule has 1 N–H and O–H groups in total. The SMILES string of the molecule is CCn1ncc(NCc2ccc(C)nc2)c(Br)c1=O. The summed E-state index contributed by atoms with van der Waals surface area (Å²) >= 11 is 3.31. The monoisotopic (exact) mass is 322 g/mol. The summed E-state index contributed by atoms with van der Waals surface area (Å²) in [4.78, 5) is 16.1. The summed E-state index contributed by atoms with van der Waals surface area (Å²) in [5.74, 6) is 0. The van der Waals surface area contributed by atoms with Gasteiger partial charge in [-0.2, -0.15) is 5.10 Å². The number of hydrogen-bond acceptors (Lipinski definition) is 4. The Morgan fingerprint density at radius 2 is 2.16 bits per heavy atom. The fourth-order valence-electron chi connectivity index (χ4n) is 1.61. The number of hydrogen-bond donors (Lipinski definition) is 1. The second kappa shape index (κ2) is 5.97. The minimum atomic E-state index is -0.130. The van der Waals surface area contributed by atoms with Crippen molar-refractivity contribution in [3.05, 3.63) is 50.6 Å². The predicted molar refractivity (Wildman–Crippen MR) is 78.2 cm³/mol. The summed E-state index contributed by atoms with van der Waals surface area (Å²) in [7, 11) is 0. The smallest absolute Gasteiger partial charge is 0.283 e. The Bertz CT molecular complexity index is 622. The fraction of sp³-hybridized carbons (Fsp3) is 0.308. The molecule has 0 unspecified atom stereocenters. The van der Waals surface area contributed by atoms with Crippen LogP contribution in [0.25, 0.3) is 0 Å². The lowest BCUT2D eigenvalue weighted by molar-refractivity contribution is 0.613. The van der Waals surface area contributed by atoms with Gasteiger partial charge in [0.2, 0.25) is 0 Å². The second-order valence-corrected chi connectivity index (χ2v) is 4.95. The highest BCUT2D eigenvalue weighted by Gasteiger charge is 2.07. The van der Waals surface area contributed by atoms with Crippen molar-refractivity contribution in [3.8, 4) is 0 Å². The number of aryl methyl sites for hydroxylation is 2. The molecule has 0 aliphatic carbocycles. The summed E-state index contributed by atoms with van der Waals surface area (Å²) in [6.45, 7) is 4.98. The first-order valence-corrected chi connectivity index (χ1v) is 6.82. The Kier molecular flexibility index (Phi) is 4.31. The molecule has 0 saturated carbocycles. The van der Waals surface area contributed by atoms with E-state index in [-0.39, 0.29) is 5.56 Å². The largest absolute Gasteiger partial charge is 0.379 e. The molecule has 0 saturated heterocycles. The molecule has 2 rings (SSSR count). The minimum absolute atomic E-state index is 0.130. The molecule has 0 atom stereocenters. The molecule has 100 valence electrons. The topological polar surface area (TPSA) is 59.8 Å². The number of nitrogens with one attached hydrogen (secondary N) is 1. The summed E-state index contributed by atoms with van der Waals surface area (Å²) in [6.07, 6.45) is 3.47. The van der Waals surface area contributed by atoms with Crippen molar-refractivity contribution in [2.45, 2.75) is 26.9 Å². The van der Waals surface area contributed by atoms with Crippen molar-refractivity contribution in [1.82, 2.24) is 14.8 Å². The van der Waals surface area contributed by atoms with E-state index >= 15 is 0 Å². The van der Waals surface area contributed by atoms with Gasteiger partial charge in [0.15, 0.2) is 0 Å². The zero-order valence-corrected chi connectivity index (χ0v) is 12.4. The van der Waals surface area contributed by atoms with Gasteiger partial charge in [0.05, 0.1) is 11.9 Å². The van der Waals surface area contributed by atoms with Gasteiger partial charge in [0.1, 0.15) is 4.47 Å². The van der Waals surface area contributed by atoms with Gasteiger partial charge in [-0.3, -0.25) is 9.78 Å². The van der Waals surface area contributed by atoms with E-state index in [0.29, 0.717) is 23.2 Å². The van der Waals surface area contributed by atoms with Crippen LogP contribution in [0.2, 0.25) is 0 Å². The predicted octanol–water partition coefficient (Wildman–Crippen LogP) is 2.34. The second-order valence-electron chi connectivity index (χ2n) is 4.15. The summed E-state index contributed by atoms with van der Waals surface area (Å²) in [5, 5.41) is 7.26. The van der Waals surface area contributed by atoms with Gasteiger partial charge >= 0.3 is 0 Å². The Hall–Kier alpha value is -1.69. The Morgan fingerprint density at radius 3 is 2.79 bits per heavy atom. The molecule has 0 aromatic carbocycles. The average molecular weight is 323 g/mol. The highest BCUT2D eigenvalue weighted by molar-refractivity contribution is 9.10. The van der Waals surface area contributed by atoms with Crippen LogP contribution in [0.4, 0.5) is 5.69 Å². The summed E-state index contributed by atoms with van der Waals surface area (Å²) in [6, 6.07) is 3.96. The normalized spacial score (nSPS) is 10.5. The first kappa shape index (κ1) is 13.7. The van der Waals surface area contributed by atoms with Crippen molar-refractivity contribution in [1.29, 1.82) is 0 Å². The highest BCUT2D eigenvalue weighted by Crippen LogP contribution is 2.17. The molecule has 0 amide bonds. The van der Waals surface area contributed by atoms with Crippen molar-refractivity contribution in [3.63, 3.8) is 0 Å². The van der Waals surface area contributed by atoms with Crippen LogP contribution in [-0.2, 0) is 13.1 Å². The van der Waals surface area contributed by atoms with Gasteiger partial charge in [-0.15, -0.1) is 0 Å². The number of anilines is 1. The van der Waals surface area contributed by atoms with Crippen molar-refractivity contribution >= 4 is 21.6 Å². The summed E-state index contributed by atoms with van der Waals surface area (Å²) in [5.41, 5.74) is 2.60. The van der Waals surface area contributed by atoms with Crippen LogP contribution in [0.3, 0.4) is 0 Å². The van der Waals surface area contributed by atoms with Crippen LogP contribution in [-0.4, -0.2) is 14.8 Å². The maximum absolute atomic E-state index is 11.9. The van der Waals surface area contributed by atoms with Gasteiger partial charge in [-0.1, -0.05) is 6.07 Å². The lowest BCUT2D eigenvalue weighted by atomic mass is 10.2. The van der Waals surface area contributed by atoms with E-state index in [1.165, 1.54) is 4.68 Å². The molecule has 2 aromatic heterocycles. The van der Waals surface area contributed by atoms with E-state index < -0.39 is 0 Å². The quantitative estimate of drug-likeness (QED) is 0.938. The number of pyridine rings is 1. The van der Waals surface area contributed by atoms with E-state index in [4.69, 9.17) is 0 Å². The molecule has 0 aliphatic heterocycles. The standard InChI is InChI=1S/C13H15BrN4O/c1-3-18-13(19)12(14)11(8-17-18)16-7-10-5-4-9(2)15-6-10/h4-6,8,16H,3,7H2,1-2H3. The lowest BCUT2D eigenvalue weighted by Crippen LogP contribution is -2.23. The molecule has 0 bridgehead atoms. The molecular formula is C13H15BrN4O. The number of rotatable bonds is 4. The fourth-order valence-corrected chi connectivity index (χ4v) is 2.06. The third-order valence-corrected chi connectivity index (χ3v) is 3.51. The minimum Gasteiger partial charge on any atom is -0.379 e. The molecule has 2 aromatic rings. The molecule has 0 aliphatic rings. The molecule has 19 heavy (non-hydrogen) atoms. The molecular weight excluding hydrogens is 308 g/mol. The van der Waals surface area contributed by atoms with Crippen LogP contribution in [0.5, 0.6) is 0 Å². The molecule has 0 fully saturated rings. The Labute approximate surface area is 119 Å². The van der Waals surface area contributed by atoms with E-state index in [0.717, 1.165) is 11.3 Å². The van der Waals surface area contributed by atoms with E-state index in [1.54, 1.807) is 6.20 Å². The number of halogens is 1. The maximum atomic E-state index is 11.9. The van der Waals surface area contributed by atoms with Crippen molar-refractivity contribution in [2.75, 3.05) is 5.32 Å². The van der Waals surface area contributed by atoms with Gasteiger partial charge in [0.25, 0.3) is 5.56 Å². The van der Waals surface area contributed by atoms with Gasteiger partial charge in [-0.25, -0.2) is 4.68 Å². The zero-order chi connectivity index (χ0) is 13.8. The molecule has 0 spiro atoms. The average Bonchev–Trinajstić information content (AvgIpc) is 2.42. The highest BCUT2D eigenvalue weighted by atomic mass is 79.9. The van der Waals surface area contributed by atoms with E-state index in [1.807, 2.05) is 32.2 Å². The zero-order valence-electron chi connectivity index (χ0n) is 10.9. The molecule has 5 nitrogen and oxygen atoms in total. The van der Waals surface area contributed by atoms with Gasteiger partial charge < -0.3 is 5.32 Å². The van der Waals surface area contributed by atoms with E-state index in [9.17, 15) is 4.79 Å². The Balaban J connectivity index is 2.14. The number of nitrogens with zero attached hydrogens (tertiary/aromatic N) is 3. The van der Waals surface area contributed by atoms with Crippen LogP contribution >= 0.6 is 15.9 Å². The molecule has 6 heteroatoms. The van der Waals surface area contributed by atoms with Crippen LogP contribution in [0, 0.1) is 6.92 Å². The summed E-state index contributed by atoms with van der Waals surface area (Å²) < 4.78 is 1.91. The van der Waals surface area contributed by atoms with Gasteiger partial charge in [-0.05, 0) is 41.4 Å². The number of aromatic nitrogens is 3. The Morgan fingerprint density at radius 1 is 1.37 bits per heavy atom. The molecule has 2 heterocycles. The van der Waals surface area contributed by atoms with Crippen molar-refractivity contribution < 1.29 is 0 Å².